The van der Waals surface area contributed by atoms with Gasteiger partial charge >= 0.3 is 0 Å². The van der Waals surface area contributed by atoms with Gasteiger partial charge in [0.05, 0.1) is 17.3 Å². The summed E-state index contributed by atoms with van der Waals surface area (Å²) < 4.78 is 28.7. The Hall–Kier alpha value is -0.120. The quantitative estimate of drug-likeness (QED) is 0.555. The Morgan fingerprint density at radius 1 is 1.62 bits per heavy atom. The molecule has 0 aromatic carbocycles. The van der Waals surface area contributed by atoms with E-state index in [1.54, 1.807) is 0 Å². The molecule has 0 aliphatic rings. The van der Waals surface area contributed by atoms with Gasteiger partial charge in [0.1, 0.15) is 6.10 Å². The van der Waals surface area contributed by atoms with E-state index < -0.39 is 13.1 Å². The molecule has 1 N–H and O–H groups in total. The van der Waals surface area contributed by atoms with Gasteiger partial charge in [0, 0.05) is 14.1 Å². The number of aliphatic hydroxyl groups is 1. The summed E-state index contributed by atoms with van der Waals surface area (Å²) in [6.07, 6.45) is -0.875. The van der Waals surface area contributed by atoms with E-state index in [1.165, 1.54) is 7.11 Å². The fourth-order valence-electron chi connectivity index (χ4n) is 0.337. The van der Waals surface area contributed by atoms with Crippen molar-refractivity contribution < 1.29 is 18.7 Å². The molecule has 0 saturated carbocycles. The van der Waals surface area contributed by atoms with Gasteiger partial charge in [-0.2, -0.15) is 0 Å². The van der Waals surface area contributed by atoms with E-state index >= 15 is 0 Å². The van der Waals surface area contributed by atoms with Gasteiger partial charge in [-0.25, -0.2) is 0 Å². The van der Waals surface area contributed by atoms with Crippen LogP contribution in [0.15, 0.2) is 0 Å². The topological polar surface area (TPSA) is 38.7 Å². The molecule has 0 amide bonds. The molecule has 0 rings (SSSR count). The van der Waals surface area contributed by atoms with E-state index in [0.29, 0.717) is 0 Å². The van der Waals surface area contributed by atoms with Crippen molar-refractivity contribution in [1.82, 2.24) is 0 Å². The molecule has 8 heavy (non-hydrogen) atoms. The van der Waals surface area contributed by atoms with Crippen molar-refractivity contribution in [2.75, 3.05) is 27.4 Å². The highest BCUT2D eigenvalue weighted by Crippen LogP contribution is 1.82. The maximum atomic E-state index is 8.91. The summed E-state index contributed by atoms with van der Waals surface area (Å²) >= 11 is 0. The van der Waals surface area contributed by atoms with Crippen LogP contribution in [0.2, 0.25) is 0 Å². The van der Waals surface area contributed by atoms with Crippen LogP contribution in [0.1, 0.15) is 4.11 Å². The predicted molar refractivity (Wildman–Crippen MR) is 29.8 cm³/mol. The average Bonchev–Trinajstić information content (AvgIpc) is 1.83. The second-order valence-corrected chi connectivity index (χ2v) is 1.42. The summed E-state index contributed by atoms with van der Waals surface area (Å²) in [7, 11) is -1.02. The summed E-state index contributed by atoms with van der Waals surface area (Å²) in [6, 6.07) is 0. The largest absolute Gasteiger partial charge is 0.388 e. The summed E-state index contributed by atoms with van der Waals surface area (Å²) in [5.74, 6) is 0. The summed E-state index contributed by atoms with van der Waals surface area (Å²) in [4.78, 5) is 0. The molecule has 0 spiro atoms. The Morgan fingerprint density at radius 2 is 2.25 bits per heavy atom. The second kappa shape index (κ2) is 5.03. The summed E-state index contributed by atoms with van der Waals surface area (Å²) in [5, 5.41) is 8.91. The number of ether oxygens (including phenoxy) is 2. The predicted octanol–water partition coefficient (Wildman–Crippen LogP) is -0.360. The molecule has 3 nitrogen and oxygen atoms in total. The maximum absolute atomic E-state index is 8.91. The standard InChI is InChI=1S/C5H12O3/c1-7-3-5(6)4-8-2/h5-6H,3-4H2,1-2H3/i1D3/t5-/m0/s1. The molecule has 0 aliphatic heterocycles. The van der Waals surface area contributed by atoms with Crippen LogP contribution in [-0.4, -0.2) is 38.6 Å². The van der Waals surface area contributed by atoms with Crippen LogP contribution in [0, 0.1) is 0 Å². The molecule has 3 heteroatoms. The molecule has 1 atom stereocenters. The maximum Gasteiger partial charge on any atom is 0.101 e. The van der Waals surface area contributed by atoms with Gasteiger partial charge < -0.3 is 14.6 Å². The van der Waals surface area contributed by atoms with Crippen molar-refractivity contribution in [1.29, 1.82) is 0 Å². The zero-order valence-corrected chi connectivity index (χ0v) is 4.76. The highest BCUT2D eigenvalue weighted by Gasteiger charge is 1.99. The fraction of sp³-hybridized carbons (Fsp3) is 1.00. The number of methoxy groups -OCH3 is 2. The lowest BCUT2D eigenvalue weighted by Gasteiger charge is -2.05. The zero-order valence-electron chi connectivity index (χ0n) is 7.76. The van der Waals surface area contributed by atoms with Crippen LogP contribution < -0.4 is 0 Å². The minimum atomic E-state index is -2.44. The molecule has 0 saturated heterocycles. The lowest BCUT2D eigenvalue weighted by Crippen LogP contribution is -2.19. The number of aliphatic hydroxyl groups excluding tert-OH is 1. The van der Waals surface area contributed by atoms with Crippen LogP contribution in [0.4, 0.5) is 0 Å². The third kappa shape index (κ3) is 4.05. The van der Waals surface area contributed by atoms with Gasteiger partial charge in [-0.3, -0.25) is 0 Å². The van der Waals surface area contributed by atoms with Gasteiger partial charge in [0.2, 0.25) is 0 Å². The Balaban J connectivity index is 3.38. The zero-order chi connectivity index (χ0) is 8.91. The molecule has 0 aromatic rings. The molecule has 0 aliphatic carbocycles. The molecule has 0 fully saturated rings. The van der Waals surface area contributed by atoms with Crippen molar-refractivity contribution in [3.8, 4) is 0 Å². The lowest BCUT2D eigenvalue weighted by molar-refractivity contribution is 0.00980. The lowest BCUT2D eigenvalue weighted by atomic mass is 10.4. The van der Waals surface area contributed by atoms with Crippen LogP contribution in [0.5, 0.6) is 0 Å². The first-order valence-electron chi connectivity index (χ1n) is 3.76. The van der Waals surface area contributed by atoms with E-state index in [2.05, 4.69) is 9.47 Å². The molecule has 0 radical (unpaired) electrons. The molecule has 0 unspecified atom stereocenters. The normalized spacial score (nSPS) is 21.0. The smallest absolute Gasteiger partial charge is 0.101 e. The molecular weight excluding hydrogens is 108 g/mol. The van der Waals surface area contributed by atoms with Crippen LogP contribution >= 0.6 is 0 Å². The highest BCUT2D eigenvalue weighted by molar-refractivity contribution is 4.47. The van der Waals surface area contributed by atoms with Crippen molar-refractivity contribution in [2.24, 2.45) is 0 Å². The summed E-state index contributed by atoms with van der Waals surface area (Å²) in [5.41, 5.74) is 0. The molecular formula is C5H12O3. The average molecular weight is 123 g/mol. The van der Waals surface area contributed by atoms with E-state index in [9.17, 15) is 0 Å². The minimum absolute atomic E-state index is 0.0794. The molecule has 0 bridgehead atoms. The van der Waals surface area contributed by atoms with Gasteiger partial charge in [0.15, 0.2) is 0 Å². The SMILES string of the molecule is [2H]C([2H])([2H])OC[C@H](O)COC. The Kier molecular flexibility index (Phi) is 2.40. The van der Waals surface area contributed by atoms with Crippen molar-refractivity contribution in [2.45, 2.75) is 6.10 Å². The number of hydrogen-bond donors (Lipinski definition) is 1. The summed E-state index contributed by atoms with van der Waals surface area (Å²) in [6.45, 7) is -0.152. The van der Waals surface area contributed by atoms with E-state index in [0.717, 1.165) is 0 Å². The van der Waals surface area contributed by atoms with Crippen molar-refractivity contribution in [3.05, 3.63) is 0 Å². The van der Waals surface area contributed by atoms with E-state index in [1.807, 2.05) is 0 Å². The minimum Gasteiger partial charge on any atom is -0.388 e. The van der Waals surface area contributed by atoms with Gasteiger partial charge in [-0.05, 0) is 0 Å². The molecule has 0 heterocycles. The van der Waals surface area contributed by atoms with Crippen LogP contribution in [-0.2, 0) is 9.47 Å². The first-order chi connectivity index (χ1) is 4.95. The Labute approximate surface area is 53.4 Å². The first-order valence-corrected chi connectivity index (χ1v) is 2.26. The van der Waals surface area contributed by atoms with Crippen LogP contribution in [0.25, 0.3) is 0 Å². The molecule has 0 aromatic heterocycles. The van der Waals surface area contributed by atoms with Crippen LogP contribution in [0.3, 0.4) is 0 Å². The third-order valence-corrected chi connectivity index (χ3v) is 0.635. The third-order valence-electron chi connectivity index (χ3n) is 0.635. The fourth-order valence-corrected chi connectivity index (χ4v) is 0.337. The molecule has 50 valence electrons. The second-order valence-electron chi connectivity index (χ2n) is 1.42. The Bertz CT molecular complexity index is 104. The Morgan fingerprint density at radius 3 is 2.75 bits per heavy atom. The van der Waals surface area contributed by atoms with Crippen molar-refractivity contribution in [3.63, 3.8) is 0 Å². The van der Waals surface area contributed by atoms with Crippen molar-refractivity contribution >= 4 is 0 Å². The van der Waals surface area contributed by atoms with E-state index in [4.69, 9.17) is 9.22 Å². The first kappa shape index (κ1) is 3.82. The van der Waals surface area contributed by atoms with Gasteiger partial charge in [-0.1, -0.05) is 0 Å². The number of hydrogen-bond acceptors (Lipinski definition) is 3. The van der Waals surface area contributed by atoms with Gasteiger partial charge in [0.25, 0.3) is 0 Å². The number of rotatable bonds is 4. The monoisotopic (exact) mass is 123 g/mol. The van der Waals surface area contributed by atoms with E-state index in [-0.39, 0.29) is 13.2 Å². The van der Waals surface area contributed by atoms with Gasteiger partial charge in [-0.15, -0.1) is 0 Å². The highest BCUT2D eigenvalue weighted by atomic mass is 16.5.